The molecule has 2 fully saturated rings. The molecule has 1 N–H and O–H groups in total. The lowest BCUT2D eigenvalue weighted by molar-refractivity contribution is 0.428. The molecule has 4 rings (SSSR count). The van der Waals surface area contributed by atoms with E-state index in [1.54, 1.807) is 12.1 Å². The van der Waals surface area contributed by atoms with Gasteiger partial charge in [-0.3, -0.25) is 0 Å². The highest BCUT2D eigenvalue weighted by atomic mass is 19.1. The lowest BCUT2D eigenvalue weighted by Crippen LogP contribution is -2.42. The van der Waals surface area contributed by atoms with Crippen LogP contribution in [0.2, 0.25) is 0 Å². The Morgan fingerprint density at radius 3 is 3.18 bits per heavy atom. The minimum atomic E-state index is -0.0697. The summed E-state index contributed by atoms with van der Waals surface area (Å²) in [6, 6.07) is 5.88. The molecular formula is C14H17FN2. The van der Waals surface area contributed by atoms with E-state index in [2.05, 4.69) is 10.2 Å². The van der Waals surface area contributed by atoms with Gasteiger partial charge in [0, 0.05) is 19.1 Å². The number of benzene rings is 1. The number of rotatable bonds is 0. The molecule has 17 heavy (non-hydrogen) atoms. The highest BCUT2D eigenvalue weighted by Crippen LogP contribution is 2.47. The molecule has 1 saturated carbocycles. The summed E-state index contributed by atoms with van der Waals surface area (Å²) < 4.78 is 14.0. The van der Waals surface area contributed by atoms with Gasteiger partial charge in [0.05, 0.1) is 11.4 Å². The number of halogens is 1. The molecule has 0 amide bonds. The van der Waals surface area contributed by atoms with E-state index < -0.39 is 0 Å². The quantitative estimate of drug-likeness (QED) is 0.740. The van der Waals surface area contributed by atoms with Gasteiger partial charge in [-0.25, -0.2) is 4.39 Å². The molecule has 1 aromatic carbocycles. The van der Waals surface area contributed by atoms with Crippen LogP contribution in [-0.4, -0.2) is 19.1 Å². The van der Waals surface area contributed by atoms with Crippen molar-refractivity contribution in [2.75, 3.05) is 23.3 Å². The maximum atomic E-state index is 14.0. The molecule has 1 aromatic rings. The van der Waals surface area contributed by atoms with Crippen molar-refractivity contribution in [1.29, 1.82) is 0 Å². The molecule has 3 heteroatoms. The molecule has 3 atom stereocenters. The fourth-order valence-corrected chi connectivity index (χ4v) is 4.10. The normalized spacial score (nSPS) is 33.9. The Kier molecular flexibility index (Phi) is 1.93. The first-order valence-corrected chi connectivity index (χ1v) is 6.63. The van der Waals surface area contributed by atoms with E-state index in [1.165, 1.54) is 19.3 Å². The van der Waals surface area contributed by atoms with E-state index in [4.69, 9.17) is 0 Å². The Hall–Kier alpha value is -1.25. The second kappa shape index (κ2) is 3.37. The van der Waals surface area contributed by atoms with E-state index in [0.29, 0.717) is 6.04 Å². The van der Waals surface area contributed by atoms with Crippen LogP contribution in [0.4, 0.5) is 15.8 Å². The largest absolute Gasteiger partial charge is 0.381 e. The lowest BCUT2D eigenvalue weighted by Gasteiger charge is -2.36. The second-order valence-corrected chi connectivity index (χ2v) is 5.59. The van der Waals surface area contributed by atoms with Crippen LogP contribution in [0.1, 0.15) is 19.3 Å². The third kappa shape index (κ3) is 1.25. The monoisotopic (exact) mass is 232 g/mol. The molecule has 3 unspecified atom stereocenters. The highest BCUT2D eigenvalue weighted by Gasteiger charge is 2.46. The zero-order valence-corrected chi connectivity index (χ0v) is 9.82. The van der Waals surface area contributed by atoms with Gasteiger partial charge in [-0.15, -0.1) is 0 Å². The minimum absolute atomic E-state index is 0.0697. The predicted molar refractivity (Wildman–Crippen MR) is 66.9 cm³/mol. The molecule has 1 aliphatic carbocycles. The van der Waals surface area contributed by atoms with Crippen molar-refractivity contribution in [2.45, 2.75) is 25.3 Å². The van der Waals surface area contributed by atoms with Crippen LogP contribution in [-0.2, 0) is 0 Å². The van der Waals surface area contributed by atoms with Crippen LogP contribution in [0, 0.1) is 17.7 Å². The number of hydrogen-bond donors (Lipinski definition) is 1. The van der Waals surface area contributed by atoms with Gasteiger partial charge >= 0.3 is 0 Å². The zero-order valence-electron chi connectivity index (χ0n) is 9.82. The van der Waals surface area contributed by atoms with Gasteiger partial charge in [0.1, 0.15) is 5.82 Å². The van der Waals surface area contributed by atoms with E-state index in [9.17, 15) is 4.39 Å². The van der Waals surface area contributed by atoms with E-state index in [1.807, 2.05) is 6.07 Å². The summed E-state index contributed by atoms with van der Waals surface area (Å²) in [4.78, 5) is 2.33. The summed E-state index contributed by atoms with van der Waals surface area (Å²) in [5, 5.41) is 3.41. The smallest absolute Gasteiger partial charge is 0.148 e. The Morgan fingerprint density at radius 2 is 2.24 bits per heavy atom. The van der Waals surface area contributed by atoms with Crippen molar-refractivity contribution >= 4 is 11.4 Å². The summed E-state index contributed by atoms with van der Waals surface area (Å²) in [6.45, 7) is 2.04. The SMILES string of the molecule is Fc1cccc2c1N1CC3CCCC3C1CN2. The van der Waals surface area contributed by atoms with Crippen molar-refractivity contribution in [1.82, 2.24) is 0 Å². The van der Waals surface area contributed by atoms with Crippen molar-refractivity contribution in [2.24, 2.45) is 11.8 Å². The summed E-state index contributed by atoms with van der Waals surface area (Å²) in [6.07, 6.45) is 4.03. The molecule has 0 radical (unpaired) electrons. The molecule has 0 spiro atoms. The van der Waals surface area contributed by atoms with Crippen LogP contribution in [0.25, 0.3) is 0 Å². The first kappa shape index (κ1) is 9.75. The third-order valence-corrected chi connectivity index (χ3v) is 4.82. The number of fused-ring (bicyclic) bond motifs is 5. The first-order valence-electron chi connectivity index (χ1n) is 6.63. The van der Waals surface area contributed by atoms with E-state index in [-0.39, 0.29) is 5.82 Å². The Bertz CT molecular complexity index is 460. The zero-order chi connectivity index (χ0) is 11.4. The maximum absolute atomic E-state index is 14.0. The number of nitrogens with zero attached hydrogens (tertiary/aromatic N) is 1. The van der Waals surface area contributed by atoms with Crippen LogP contribution in [0.5, 0.6) is 0 Å². The standard InChI is InChI=1S/C14H17FN2/c15-11-5-2-6-12-14(11)17-8-9-3-1-4-10(9)13(17)7-16-12/h2,5-6,9-10,13,16H,1,3-4,7-8H2. The van der Waals surface area contributed by atoms with E-state index in [0.717, 1.165) is 36.3 Å². The molecule has 1 saturated heterocycles. The van der Waals surface area contributed by atoms with Gasteiger partial charge in [0.15, 0.2) is 0 Å². The number of hydrogen-bond acceptors (Lipinski definition) is 2. The van der Waals surface area contributed by atoms with Gasteiger partial charge in [-0.05, 0) is 36.8 Å². The first-order chi connectivity index (χ1) is 8.34. The maximum Gasteiger partial charge on any atom is 0.148 e. The van der Waals surface area contributed by atoms with Crippen molar-refractivity contribution < 1.29 is 4.39 Å². The highest BCUT2D eigenvalue weighted by molar-refractivity contribution is 5.74. The molecule has 90 valence electrons. The van der Waals surface area contributed by atoms with Gasteiger partial charge in [0.2, 0.25) is 0 Å². The average molecular weight is 232 g/mol. The fourth-order valence-electron chi connectivity index (χ4n) is 4.10. The third-order valence-electron chi connectivity index (χ3n) is 4.82. The van der Waals surface area contributed by atoms with Crippen LogP contribution in [0.15, 0.2) is 18.2 Å². The molecule has 2 aliphatic heterocycles. The summed E-state index contributed by atoms with van der Waals surface area (Å²) in [5.41, 5.74) is 1.79. The number of nitrogens with one attached hydrogen (secondary N) is 1. The molecule has 2 heterocycles. The predicted octanol–water partition coefficient (Wildman–Crippen LogP) is 2.86. The van der Waals surface area contributed by atoms with Gasteiger partial charge in [-0.1, -0.05) is 12.5 Å². The lowest BCUT2D eigenvalue weighted by atomic mass is 9.93. The van der Waals surface area contributed by atoms with Gasteiger partial charge < -0.3 is 10.2 Å². The van der Waals surface area contributed by atoms with Crippen LogP contribution in [0.3, 0.4) is 0 Å². The summed E-state index contributed by atoms with van der Waals surface area (Å²) in [7, 11) is 0. The Balaban J connectivity index is 1.78. The van der Waals surface area contributed by atoms with Crippen molar-refractivity contribution in [3.63, 3.8) is 0 Å². The van der Waals surface area contributed by atoms with Crippen LogP contribution < -0.4 is 10.2 Å². The Labute approximate surface area is 101 Å². The summed E-state index contributed by atoms with van der Waals surface area (Å²) >= 11 is 0. The molecule has 0 aromatic heterocycles. The van der Waals surface area contributed by atoms with Gasteiger partial charge in [0.25, 0.3) is 0 Å². The number of anilines is 2. The second-order valence-electron chi connectivity index (χ2n) is 5.59. The van der Waals surface area contributed by atoms with E-state index >= 15 is 0 Å². The van der Waals surface area contributed by atoms with Gasteiger partial charge in [-0.2, -0.15) is 0 Å². The average Bonchev–Trinajstić information content (AvgIpc) is 2.88. The van der Waals surface area contributed by atoms with Crippen molar-refractivity contribution in [3.8, 4) is 0 Å². The molecule has 2 nitrogen and oxygen atoms in total. The van der Waals surface area contributed by atoms with Crippen LogP contribution >= 0.6 is 0 Å². The summed E-state index contributed by atoms with van der Waals surface area (Å²) in [5.74, 6) is 1.52. The topological polar surface area (TPSA) is 15.3 Å². The number of para-hydroxylation sites is 1. The minimum Gasteiger partial charge on any atom is -0.381 e. The Morgan fingerprint density at radius 1 is 1.29 bits per heavy atom. The molecule has 3 aliphatic rings. The fraction of sp³-hybridized carbons (Fsp3) is 0.571. The van der Waals surface area contributed by atoms with Crippen molar-refractivity contribution in [3.05, 3.63) is 24.0 Å². The molecule has 0 bridgehead atoms. The molecular weight excluding hydrogens is 215 g/mol.